The molecule has 0 spiro atoms. The average molecular weight is 400 g/mol. The molecule has 2 amide bonds. The summed E-state index contributed by atoms with van der Waals surface area (Å²) in [4.78, 5) is 26.3. The molecular formula is C19H16N2O4S2. The number of primary amides is 1. The zero-order valence-corrected chi connectivity index (χ0v) is 16.0. The molecule has 138 valence electrons. The molecule has 6 nitrogen and oxygen atoms in total. The molecule has 1 saturated heterocycles. The van der Waals surface area contributed by atoms with Crippen molar-refractivity contribution in [1.82, 2.24) is 0 Å². The lowest BCUT2D eigenvalue weighted by molar-refractivity contribution is -0.113. The Balaban J connectivity index is 1.96. The third kappa shape index (κ3) is 3.81. The van der Waals surface area contributed by atoms with Crippen molar-refractivity contribution >= 4 is 51.9 Å². The van der Waals surface area contributed by atoms with Crippen LogP contribution in [0.2, 0.25) is 0 Å². The van der Waals surface area contributed by atoms with Crippen LogP contribution in [0.5, 0.6) is 11.5 Å². The number of thioether (sulfide) groups is 1. The molecule has 3 rings (SSSR count). The Morgan fingerprint density at radius 1 is 1.33 bits per heavy atom. The van der Waals surface area contributed by atoms with E-state index in [1.165, 1.54) is 11.0 Å². The van der Waals surface area contributed by atoms with Crippen molar-refractivity contribution in [1.29, 1.82) is 0 Å². The summed E-state index contributed by atoms with van der Waals surface area (Å²) >= 11 is 6.47. The number of phenols is 1. The van der Waals surface area contributed by atoms with E-state index in [2.05, 4.69) is 0 Å². The lowest BCUT2D eigenvalue weighted by Crippen LogP contribution is -2.30. The van der Waals surface area contributed by atoms with E-state index in [1.807, 2.05) is 6.92 Å². The van der Waals surface area contributed by atoms with Gasteiger partial charge in [-0.15, -0.1) is 0 Å². The number of anilines is 1. The van der Waals surface area contributed by atoms with Gasteiger partial charge >= 0.3 is 0 Å². The average Bonchev–Trinajstić information content (AvgIpc) is 2.91. The summed E-state index contributed by atoms with van der Waals surface area (Å²) in [6.45, 7) is 2.22. The molecule has 0 bridgehead atoms. The van der Waals surface area contributed by atoms with Crippen molar-refractivity contribution in [2.75, 3.05) is 11.5 Å². The Kier molecular flexibility index (Phi) is 5.48. The van der Waals surface area contributed by atoms with E-state index in [4.69, 9.17) is 22.7 Å². The molecular weight excluding hydrogens is 384 g/mol. The number of carbonyl (C=O) groups is 2. The molecule has 0 saturated carbocycles. The maximum atomic E-state index is 12.9. The van der Waals surface area contributed by atoms with Crippen LogP contribution in [0.25, 0.3) is 6.08 Å². The second-order valence-electron chi connectivity index (χ2n) is 5.56. The largest absolute Gasteiger partial charge is 0.504 e. The van der Waals surface area contributed by atoms with Crippen molar-refractivity contribution in [3.63, 3.8) is 0 Å². The number of hydrogen-bond donors (Lipinski definition) is 2. The van der Waals surface area contributed by atoms with Crippen molar-refractivity contribution in [3.8, 4) is 11.5 Å². The van der Waals surface area contributed by atoms with Crippen LogP contribution in [0.15, 0.2) is 47.4 Å². The van der Waals surface area contributed by atoms with Gasteiger partial charge < -0.3 is 15.6 Å². The molecule has 2 aromatic rings. The predicted molar refractivity (Wildman–Crippen MR) is 110 cm³/mol. The molecule has 0 atom stereocenters. The zero-order valence-electron chi connectivity index (χ0n) is 14.3. The second-order valence-corrected chi connectivity index (χ2v) is 7.23. The Labute approximate surface area is 165 Å². The lowest BCUT2D eigenvalue weighted by Gasteiger charge is -2.17. The monoisotopic (exact) mass is 400 g/mol. The molecule has 3 N–H and O–H groups in total. The SMILES string of the molecule is CCOc1cc(/C=C2\SC(=S)N(c3ccccc3C(N)=O)C2=O)ccc1O. The van der Waals surface area contributed by atoms with Crippen LogP contribution in [0.4, 0.5) is 5.69 Å². The Bertz CT molecular complexity index is 972. The lowest BCUT2D eigenvalue weighted by atomic mass is 10.1. The maximum absolute atomic E-state index is 12.9. The molecule has 0 radical (unpaired) electrons. The molecule has 1 aliphatic rings. The normalized spacial score (nSPS) is 15.4. The summed E-state index contributed by atoms with van der Waals surface area (Å²) in [5.41, 5.74) is 6.67. The van der Waals surface area contributed by atoms with Crippen LogP contribution in [-0.2, 0) is 4.79 Å². The fourth-order valence-corrected chi connectivity index (χ4v) is 3.88. The Morgan fingerprint density at radius 3 is 2.78 bits per heavy atom. The van der Waals surface area contributed by atoms with Gasteiger partial charge in [0.1, 0.15) is 0 Å². The number of benzene rings is 2. The van der Waals surface area contributed by atoms with Crippen LogP contribution >= 0.6 is 24.0 Å². The summed E-state index contributed by atoms with van der Waals surface area (Å²) in [5.74, 6) is -0.619. The minimum atomic E-state index is -0.636. The summed E-state index contributed by atoms with van der Waals surface area (Å²) in [7, 11) is 0. The van der Waals surface area contributed by atoms with E-state index in [1.54, 1.807) is 42.5 Å². The molecule has 27 heavy (non-hydrogen) atoms. The van der Waals surface area contributed by atoms with Gasteiger partial charge in [-0.3, -0.25) is 14.5 Å². The van der Waals surface area contributed by atoms with E-state index < -0.39 is 5.91 Å². The van der Waals surface area contributed by atoms with Crippen LogP contribution < -0.4 is 15.4 Å². The number of thiocarbonyl (C=S) groups is 1. The number of hydrogen-bond acceptors (Lipinski definition) is 6. The predicted octanol–water partition coefficient (Wildman–Crippen LogP) is 3.30. The second kappa shape index (κ2) is 7.81. The third-order valence-electron chi connectivity index (χ3n) is 3.79. The molecule has 0 aliphatic carbocycles. The van der Waals surface area contributed by atoms with E-state index in [-0.39, 0.29) is 17.2 Å². The van der Waals surface area contributed by atoms with E-state index in [9.17, 15) is 14.7 Å². The number of aromatic hydroxyl groups is 1. The number of nitrogens with zero attached hydrogens (tertiary/aromatic N) is 1. The van der Waals surface area contributed by atoms with E-state index in [0.717, 1.165) is 11.8 Å². The van der Waals surface area contributed by atoms with Crippen molar-refractivity contribution in [2.45, 2.75) is 6.92 Å². The first-order chi connectivity index (χ1) is 12.9. The number of nitrogens with two attached hydrogens (primary N) is 1. The van der Waals surface area contributed by atoms with Gasteiger partial charge in [0.05, 0.1) is 22.8 Å². The maximum Gasteiger partial charge on any atom is 0.270 e. The summed E-state index contributed by atoms with van der Waals surface area (Å²) < 4.78 is 5.67. The smallest absolute Gasteiger partial charge is 0.270 e. The molecule has 0 unspecified atom stereocenters. The molecule has 1 fully saturated rings. The first kappa shape index (κ1) is 18.9. The minimum absolute atomic E-state index is 0.0249. The third-order valence-corrected chi connectivity index (χ3v) is 5.09. The number of ether oxygens (including phenoxy) is 1. The van der Waals surface area contributed by atoms with Gasteiger partial charge in [-0.05, 0) is 42.8 Å². The van der Waals surface area contributed by atoms with Crippen LogP contribution in [0.3, 0.4) is 0 Å². The van der Waals surface area contributed by atoms with Crippen LogP contribution in [0, 0.1) is 0 Å². The first-order valence-electron chi connectivity index (χ1n) is 8.05. The van der Waals surface area contributed by atoms with E-state index in [0.29, 0.717) is 32.8 Å². The molecule has 2 aromatic carbocycles. The molecule has 1 heterocycles. The van der Waals surface area contributed by atoms with Gasteiger partial charge in [-0.25, -0.2) is 0 Å². The van der Waals surface area contributed by atoms with Crippen molar-refractivity contribution in [3.05, 3.63) is 58.5 Å². The zero-order chi connectivity index (χ0) is 19.6. The summed E-state index contributed by atoms with van der Waals surface area (Å²) in [5, 5.41) is 9.80. The first-order valence-corrected chi connectivity index (χ1v) is 9.27. The van der Waals surface area contributed by atoms with Gasteiger partial charge in [0.15, 0.2) is 15.8 Å². The Morgan fingerprint density at radius 2 is 2.07 bits per heavy atom. The number of amides is 2. The van der Waals surface area contributed by atoms with Crippen molar-refractivity contribution in [2.24, 2.45) is 5.73 Å². The summed E-state index contributed by atoms with van der Waals surface area (Å²) in [6, 6.07) is 11.4. The van der Waals surface area contributed by atoms with Gasteiger partial charge in [0.25, 0.3) is 11.8 Å². The van der Waals surface area contributed by atoms with Crippen molar-refractivity contribution < 1.29 is 19.4 Å². The number of para-hydroxylation sites is 1. The highest BCUT2D eigenvalue weighted by atomic mass is 32.2. The highest BCUT2D eigenvalue weighted by molar-refractivity contribution is 8.27. The minimum Gasteiger partial charge on any atom is -0.504 e. The fraction of sp³-hybridized carbons (Fsp3) is 0.105. The molecule has 0 aromatic heterocycles. The van der Waals surface area contributed by atoms with Gasteiger partial charge in [0.2, 0.25) is 0 Å². The standard InChI is InChI=1S/C19H16N2O4S2/c1-2-25-15-9-11(7-8-14(15)22)10-16-18(24)21(19(26)27-16)13-6-4-3-5-12(13)17(20)23/h3-10,22H,2H2,1H3,(H2,20,23)/b16-10-. The van der Waals surface area contributed by atoms with Gasteiger partial charge in [-0.1, -0.05) is 42.2 Å². The fourth-order valence-electron chi connectivity index (χ4n) is 2.60. The van der Waals surface area contributed by atoms with Crippen LogP contribution in [0.1, 0.15) is 22.8 Å². The van der Waals surface area contributed by atoms with Gasteiger partial charge in [0, 0.05) is 0 Å². The topological polar surface area (TPSA) is 92.9 Å². The highest BCUT2D eigenvalue weighted by Crippen LogP contribution is 2.38. The van der Waals surface area contributed by atoms with E-state index >= 15 is 0 Å². The highest BCUT2D eigenvalue weighted by Gasteiger charge is 2.35. The number of carbonyl (C=O) groups excluding carboxylic acids is 2. The van der Waals surface area contributed by atoms with Crippen LogP contribution in [-0.4, -0.2) is 27.8 Å². The summed E-state index contributed by atoms with van der Waals surface area (Å²) in [6.07, 6.45) is 1.66. The Hall–Kier alpha value is -2.84. The van der Waals surface area contributed by atoms with Gasteiger partial charge in [-0.2, -0.15) is 0 Å². The molecule has 1 aliphatic heterocycles. The quantitative estimate of drug-likeness (QED) is 0.591. The number of rotatable bonds is 5. The number of phenolic OH excluding ortho intramolecular Hbond substituents is 1. The molecule has 8 heteroatoms.